The van der Waals surface area contributed by atoms with Gasteiger partial charge in [0, 0.05) is 19.3 Å². The summed E-state index contributed by atoms with van der Waals surface area (Å²) in [5, 5.41) is 9.04. The summed E-state index contributed by atoms with van der Waals surface area (Å²) in [7, 11) is 0. The minimum Gasteiger partial charge on any atom is -0.477 e. The minimum absolute atomic E-state index is 0.0143. The average Bonchev–Trinajstić information content (AvgIpc) is 2.74. The van der Waals surface area contributed by atoms with Crippen LogP contribution in [0.3, 0.4) is 0 Å². The highest BCUT2D eigenvalue weighted by Gasteiger charge is 2.21. The molecule has 0 bridgehead atoms. The number of carbonyl (C=O) groups is 2. The summed E-state index contributed by atoms with van der Waals surface area (Å²) in [6.45, 7) is 3.90. The molecule has 1 amide bonds. The monoisotopic (exact) mass is 278 g/mol. The van der Waals surface area contributed by atoms with E-state index < -0.39 is 5.97 Å². The van der Waals surface area contributed by atoms with Crippen LogP contribution in [0.25, 0.3) is 0 Å². The normalized spacial score (nSPS) is 19.6. The van der Waals surface area contributed by atoms with Gasteiger partial charge < -0.3 is 14.6 Å². The van der Waals surface area contributed by atoms with Crippen LogP contribution >= 0.6 is 0 Å². The number of hydrogen-bond acceptors (Lipinski definition) is 2. The molecule has 1 aliphatic rings. The Bertz CT molecular complexity index is 481. The van der Waals surface area contributed by atoms with E-state index >= 15 is 0 Å². The zero-order chi connectivity index (χ0) is 14.5. The Labute approximate surface area is 119 Å². The molecule has 110 valence electrons. The van der Waals surface area contributed by atoms with Crippen molar-refractivity contribution >= 4 is 11.9 Å². The fourth-order valence-corrected chi connectivity index (χ4v) is 2.81. The van der Waals surface area contributed by atoms with Crippen LogP contribution in [-0.4, -0.2) is 39.5 Å². The average molecular weight is 278 g/mol. The third-order valence-electron chi connectivity index (χ3n) is 4.13. The third-order valence-corrected chi connectivity index (χ3v) is 4.13. The molecule has 1 fully saturated rings. The summed E-state index contributed by atoms with van der Waals surface area (Å²) in [4.78, 5) is 25.2. The molecule has 0 aromatic carbocycles. The first kappa shape index (κ1) is 14.6. The van der Waals surface area contributed by atoms with Crippen molar-refractivity contribution in [1.29, 1.82) is 0 Å². The molecule has 1 N–H and O–H groups in total. The molecule has 1 aliphatic heterocycles. The molecule has 20 heavy (non-hydrogen) atoms. The quantitative estimate of drug-likeness (QED) is 0.918. The first-order valence-electron chi connectivity index (χ1n) is 7.28. The second-order valence-corrected chi connectivity index (χ2v) is 5.41. The number of carboxylic acids is 1. The molecular weight excluding hydrogens is 256 g/mol. The topological polar surface area (TPSA) is 62.5 Å². The Morgan fingerprint density at radius 2 is 2.15 bits per heavy atom. The predicted octanol–water partition coefficient (Wildman–Crippen LogP) is 2.23. The molecule has 2 heterocycles. The first-order chi connectivity index (χ1) is 9.61. The van der Waals surface area contributed by atoms with Gasteiger partial charge in [0.15, 0.2) is 0 Å². The molecule has 0 aliphatic carbocycles. The summed E-state index contributed by atoms with van der Waals surface area (Å²) in [6.07, 6.45) is 6.10. The van der Waals surface area contributed by atoms with Crippen molar-refractivity contribution in [2.75, 3.05) is 13.1 Å². The Balaban J connectivity index is 1.97. The van der Waals surface area contributed by atoms with Gasteiger partial charge >= 0.3 is 5.97 Å². The number of carbonyl (C=O) groups excluding carboxylic acids is 1. The van der Waals surface area contributed by atoms with E-state index in [-0.39, 0.29) is 18.1 Å². The van der Waals surface area contributed by atoms with E-state index in [2.05, 4.69) is 6.92 Å². The molecule has 0 radical (unpaired) electrons. The van der Waals surface area contributed by atoms with Crippen LogP contribution in [0, 0.1) is 5.92 Å². The number of rotatable bonds is 4. The Morgan fingerprint density at radius 3 is 2.85 bits per heavy atom. The highest BCUT2D eigenvalue weighted by atomic mass is 16.4. The number of nitrogens with zero attached hydrogens (tertiary/aromatic N) is 2. The number of carboxylic acid groups (broad SMARTS) is 1. The van der Waals surface area contributed by atoms with E-state index in [1.54, 1.807) is 12.3 Å². The zero-order valence-electron chi connectivity index (χ0n) is 11.9. The summed E-state index contributed by atoms with van der Waals surface area (Å²) in [6, 6.07) is 3.18. The molecule has 5 heteroatoms. The Kier molecular flexibility index (Phi) is 4.82. The fraction of sp³-hybridized carbons (Fsp3) is 0.600. The summed E-state index contributed by atoms with van der Waals surface area (Å²) in [5.41, 5.74) is 0.166. The van der Waals surface area contributed by atoms with Gasteiger partial charge in [0.2, 0.25) is 5.91 Å². The van der Waals surface area contributed by atoms with Crippen molar-refractivity contribution in [3.63, 3.8) is 0 Å². The largest absolute Gasteiger partial charge is 0.477 e. The maximum atomic E-state index is 12.3. The Hall–Kier alpha value is -1.78. The lowest BCUT2D eigenvalue weighted by Gasteiger charge is -2.21. The standard InChI is InChI=1S/C15H22N2O3/c1-2-12-5-3-8-16(10-7-12)14(18)11-17-9-4-6-13(17)15(19)20/h4,6,9,12H,2-3,5,7-8,10-11H2,1H3,(H,19,20). The van der Waals surface area contributed by atoms with E-state index in [1.807, 2.05) is 4.90 Å². The van der Waals surface area contributed by atoms with Crippen LogP contribution in [-0.2, 0) is 11.3 Å². The van der Waals surface area contributed by atoms with E-state index in [4.69, 9.17) is 5.11 Å². The molecule has 0 spiro atoms. The van der Waals surface area contributed by atoms with Gasteiger partial charge in [-0.1, -0.05) is 13.3 Å². The van der Waals surface area contributed by atoms with Crippen LogP contribution in [0.5, 0.6) is 0 Å². The van der Waals surface area contributed by atoms with Gasteiger partial charge in [0.1, 0.15) is 12.2 Å². The zero-order valence-corrected chi connectivity index (χ0v) is 11.9. The molecule has 0 saturated carbocycles. The van der Waals surface area contributed by atoms with E-state index in [0.29, 0.717) is 5.92 Å². The van der Waals surface area contributed by atoms with Crippen molar-refractivity contribution in [3.8, 4) is 0 Å². The predicted molar refractivity (Wildman–Crippen MR) is 75.6 cm³/mol. The van der Waals surface area contributed by atoms with E-state index in [0.717, 1.165) is 25.9 Å². The third kappa shape index (κ3) is 3.40. The van der Waals surface area contributed by atoms with Crippen molar-refractivity contribution in [2.24, 2.45) is 5.92 Å². The molecule has 5 nitrogen and oxygen atoms in total. The molecule has 1 aromatic rings. The van der Waals surface area contributed by atoms with Crippen molar-refractivity contribution in [1.82, 2.24) is 9.47 Å². The molecular formula is C15H22N2O3. The lowest BCUT2D eigenvalue weighted by Crippen LogP contribution is -2.35. The SMILES string of the molecule is CCC1CCCN(C(=O)Cn2cccc2C(=O)O)CC1. The van der Waals surface area contributed by atoms with Gasteiger partial charge in [-0.3, -0.25) is 4.79 Å². The first-order valence-corrected chi connectivity index (χ1v) is 7.28. The van der Waals surface area contributed by atoms with Crippen LogP contribution < -0.4 is 0 Å². The Morgan fingerprint density at radius 1 is 1.35 bits per heavy atom. The van der Waals surface area contributed by atoms with Gasteiger partial charge in [-0.15, -0.1) is 0 Å². The van der Waals surface area contributed by atoms with Crippen molar-refractivity contribution in [2.45, 2.75) is 39.2 Å². The number of aromatic carboxylic acids is 1. The van der Waals surface area contributed by atoms with Gasteiger partial charge in [0.05, 0.1) is 0 Å². The molecule has 1 unspecified atom stereocenters. The van der Waals surface area contributed by atoms with E-state index in [1.165, 1.54) is 23.5 Å². The molecule has 1 saturated heterocycles. The molecule has 1 atom stereocenters. The van der Waals surface area contributed by atoms with Gasteiger partial charge in [0.25, 0.3) is 0 Å². The maximum absolute atomic E-state index is 12.3. The summed E-state index contributed by atoms with van der Waals surface area (Å²) < 4.78 is 1.51. The number of aromatic nitrogens is 1. The second kappa shape index (κ2) is 6.59. The maximum Gasteiger partial charge on any atom is 0.352 e. The van der Waals surface area contributed by atoms with Crippen LogP contribution in [0.4, 0.5) is 0 Å². The molecule has 1 aromatic heterocycles. The highest BCUT2D eigenvalue weighted by molar-refractivity contribution is 5.86. The second-order valence-electron chi connectivity index (χ2n) is 5.41. The summed E-state index contributed by atoms with van der Waals surface area (Å²) >= 11 is 0. The lowest BCUT2D eigenvalue weighted by molar-refractivity contribution is -0.131. The number of amides is 1. The number of hydrogen-bond donors (Lipinski definition) is 1. The summed E-state index contributed by atoms with van der Waals surface area (Å²) in [5.74, 6) is -0.265. The van der Waals surface area contributed by atoms with Crippen LogP contribution in [0.1, 0.15) is 43.1 Å². The van der Waals surface area contributed by atoms with Crippen LogP contribution in [0.2, 0.25) is 0 Å². The number of likely N-dealkylation sites (tertiary alicyclic amines) is 1. The van der Waals surface area contributed by atoms with Crippen molar-refractivity contribution in [3.05, 3.63) is 24.0 Å². The van der Waals surface area contributed by atoms with Gasteiger partial charge in [-0.2, -0.15) is 0 Å². The van der Waals surface area contributed by atoms with Crippen LogP contribution in [0.15, 0.2) is 18.3 Å². The minimum atomic E-state index is -0.996. The van der Waals surface area contributed by atoms with Gasteiger partial charge in [-0.05, 0) is 37.3 Å². The van der Waals surface area contributed by atoms with E-state index in [9.17, 15) is 9.59 Å². The molecule has 2 rings (SSSR count). The highest BCUT2D eigenvalue weighted by Crippen LogP contribution is 2.20. The fourth-order valence-electron chi connectivity index (χ4n) is 2.81. The smallest absolute Gasteiger partial charge is 0.352 e. The lowest BCUT2D eigenvalue weighted by atomic mass is 9.98. The van der Waals surface area contributed by atoms with Gasteiger partial charge in [-0.25, -0.2) is 4.79 Å². The van der Waals surface area contributed by atoms with Crippen molar-refractivity contribution < 1.29 is 14.7 Å².